The molecule has 3 rings (SSSR count). The molecule has 1 unspecified atom stereocenters. The van der Waals surface area contributed by atoms with E-state index >= 15 is 0 Å². The third kappa shape index (κ3) is 3.09. The third-order valence-electron chi connectivity index (χ3n) is 4.25. The maximum Gasteiger partial charge on any atom is 0.315 e. The highest BCUT2D eigenvalue weighted by molar-refractivity contribution is 5.82. The van der Waals surface area contributed by atoms with Gasteiger partial charge in [0.1, 0.15) is 11.3 Å². The van der Waals surface area contributed by atoms with E-state index < -0.39 is 0 Å². The molecule has 0 aliphatic carbocycles. The predicted octanol–water partition coefficient (Wildman–Crippen LogP) is 2.85. The number of rotatable bonds is 3. The van der Waals surface area contributed by atoms with Crippen LogP contribution in [-0.2, 0) is 0 Å². The number of hydrogen-bond donors (Lipinski definition) is 3. The summed E-state index contributed by atoms with van der Waals surface area (Å²) in [6.45, 7) is 5.85. The molecule has 1 aliphatic heterocycles. The molecule has 118 valence electrons. The zero-order chi connectivity index (χ0) is 15.5. The van der Waals surface area contributed by atoms with E-state index in [2.05, 4.69) is 16.0 Å². The summed E-state index contributed by atoms with van der Waals surface area (Å²) in [6.07, 6.45) is 2.13. The van der Waals surface area contributed by atoms with Crippen LogP contribution in [0.25, 0.3) is 11.0 Å². The molecule has 1 aliphatic rings. The molecule has 22 heavy (non-hydrogen) atoms. The van der Waals surface area contributed by atoms with Crippen LogP contribution in [0.15, 0.2) is 28.7 Å². The second-order valence-corrected chi connectivity index (χ2v) is 5.97. The van der Waals surface area contributed by atoms with Crippen molar-refractivity contribution >= 4 is 17.0 Å². The first-order chi connectivity index (χ1) is 10.6. The van der Waals surface area contributed by atoms with Gasteiger partial charge in [0.05, 0.1) is 6.04 Å². The molecule has 1 saturated heterocycles. The fourth-order valence-corrected chi connectivity index (χ4v) is 3.07. The topological polar surface area (TPSA) is 66.3 Å². The van der Waals surface area contributed by atoms with Crippen molar-refractivity contribution < 1.29 is 9.21 Å². The molecule has 1 aromatic carbocycles. The molecule has 2 amide bonds. The second-order valence-electron chi connectivity index (χ2n) is 5.97. The van der Waals surface area contributed by atoms with E-state index in [1.165, 1.54) is 0 Å². The molecule has 1 fully saturated rings. The second kappa shape index (κ2) is 6.40. The highest BCUT2D eigenvalue weighted by Gasteiger charge is 2.20. The van der Waals surface area contributed by atoms with E-state index in [4.69, 9.17) is 4.42 Å². The van der Waals surface area contributed by atoms with Crippen molar-refractivity contribution in [2.24, 2.45) is 0 Å². The van der Waals surface area contributed by atoms with Gasteiger partial charge >= 0.3 is 6.03 Å². The Bertz CT molecular complexity index is 659. The Morgan fingerprint density at radius 3 is 2.95 bits per heavy atom. The zero-order valence-corrected chi connectivity index (χ0v) is 13.1. The number of urea groups is 1. The summed E-state index contributed by atoms with van der Waals surface area (Å²) in [5, 5.41) is 10.4. The Labute approximate surface area is 130 Å². The number of carbonyl (C=O) groups excluding carboxylic acids is 1. The Hall–Kier alpha value is -2.01. The molecule has 0 saturated carbocycles. The summed E-state index contributed by atoms with van der Waals surface area (Å²) in [6, 6.07) is 7.85. The fraction of sp³-hybridized carbons (Fsp3) is 0.471. The van der Waals surface area contributed by atoms with Crippen molar-refractivity contribution in [2.45, 2.75) is 38.8 Å². The molecule has 0 bridgehead atoms. The van der Waals surface area contributed by atoms with Crippen molar-refractivity contribution in [3.63, 3.8) is 0 Å². The molecule has 3 N–H and O–H groups in total. The smallest absolute Gasteiger partial charge is 0.315 e. The number of aryl methyl sites for hydroxylation is 1. The minimum atomic E-state index is -0.163. The van der Waals surface area contributed by atoms with Gasteiger partial charge < -0.3 is 20.4 Å². The Kier molecular flexibility index (Phi) is 4.34. The van der Waals surface area contributed by atoms with Gasteiger partial charge in [-0.25, -0.2) is 4.79 Å². The van der Waals surface area contributed by atoms with Gasteiger partial charge in [-0.05, 0) is 39.3 Å². The lowest BCUT2D eigenvalue weighted by Crippen LogP contribution is -2.49. The summed E-state index contributed by atoms with van der Waals surface area (Å²) < 4.78 is 5.90. The first-order valence-corrected chi connectivity index (χ1v) is 7.91. The lowest BCUT2D eigenvalue weighted by molar-refractivity contribution is 0.229. The van der Waals surface area contributed by atoms with Gasteiger partial charge in [0.2, 0.25) is 0 Å². The molecule has 0 spiro atoms. The van der Waals surface area contributed by atoms with Crippen LogP contribution in [0.3, 0.4) is 0 Å². The number of nitrogens with one attached hydrogen (secondary N) is 3. The van der Waals surface area contributed by atoms with E-state index in [-0.39, 0.29) is 18.1 Å². The first kappa shape index (κ1) is 14.9. The van der Waals surface area contributed by atoms with Gasteiger partial charge in [0.15, 0.2) is 0 Å². The molecular formula is C17H23N3O2. The Morgan fingerprint density at radius 1 is 1.41 bits per heavy atom. The lowest BCUT2D eigenvalue weighted by Gasteiger charge is -2.24. The molecule has 5 nitrogen and oxygen atoms in total. The van der Waals surface area contributed by atoms with Crippen LogP contribution in [0.1, 0.15) is 37.1 Å². The number of fused-ring (bicyclic) bond motifs is 1. The van der Waals surface area contributed by atoms with Gasteiger partial charge in [-0.15, -0.1) is 0 Å². The molecule has 2 heterocycles. The number of piperidine rings is 1. The number of amides is 2. The van der Waals surface area contributed by atoms with Crippen molar-refractivity contribution in [2.75, 3.05) is 13.1 Å². The lowest BCUT2D eigenvalue weighted by atomic mass is 10.1. The van der Waals surface area contributed by atoms with E-state index in [0.717, 1.165) is 48.2 Å². The van der Waals surface area contributed by atoms with E-state index in [0.29, 0.717) is 0 Å². The molecule has 5 heteroatoms. The summed E-state index contributed by atoms with van der Waals surface area (Å²) >= 11 is 0. The maximum absolute atomic E-state index is 12.1. The van der Waals surface area contributed by atoms with Crippen molar-refractivity contribution in [1.29, 1.82) is 0 Å². The monoisotopic (exact) mass is 301 g/mol. The SMILES string of the molecule is Cc1c([C@H](C)NC(=O)NC2CCCNC2)oc2ccccc12. The third-order valence-corrected chi connectivity index (χ3v) is 4.25. The van der Waals surface area contributed by atoms with Crippen molar-refractivity contribution in [3.8, 4) is 0 Å². The largest absolute Gasteiger partial charge is 0.459 e. The fourth-order valence-electron chi connectivity index (χ4n) is 3.07. The quantitative estimate of drug-likeness (QED) is 0.816. The summed E-state index contributed by atoms with van der Waals surface area (Å²) in [7, 11) is 0. The first-order valence-electron chi connectivity index (χ1n) is 7.91. The number of para-hydroxylation sites is 1. The van der Waals surface area contributed by atoms with E-state index in [1.807, 2.05) is 38.1 Å². The Balaban J connectivity index is 1.66. The van der Waals surface area contributed by atoms with Gasteiger partial charge in [-0.2, -0.15) is 0 Å². The van der Waals surface area contributed by atoms with Crippen LogP contribution in [0, 0.1) is 6.92 Å². The molecular weight excluding hydrogens is 278 g/mol. The molecule has 2 aromatic rings. The minimum absolute atomic E-state index is 0.138. The summed E-state index contributed by atoms with van der Waals surface area (Å²) in [5.41, 5.74) is 1.95. The highest BCUT2D eigenvalue weighted by atomic mass is 16.3. The highest BCUT2D eigenvalue weighted by Crippen LogP contribution is 2.29. The van der Waals surface area contributed by atoms with Crippen LogP contribution in [0.5, 0.6) is 0 Å². The van der Waals surface area contributed by atoms with Crippen LogP contribution in [0.4, 0.5) is 4.79 Å². The summed E-state index contributed by atoms with van der Waals surface area (Å²) in [5.74, 6) is 0.818. The van der Waals surface area contributed by atoms with Gasteiger partial charge in [-0.3, -0.25) is 0 Å². The molecule has 2 atom stereocenters. The van der Waals surface area contributed by atoms with Crippen LogP contribution in [0.2, 0.25) is 0 Å². The maximum atomic E-state index is 12.1. The van der Waals surface area contributed by atoms with Crippen LogP contribution >= 0.6 is 0 Å². The normalized spacial score (nSPS) is 19.8. The predicted molar refractivity (Wildman–Crippen MR) is 86.9 cm³/mol. The van der Waals surface area contributed by atoms with E-state index in [1.54, 1.807) is 0 Å². The molecule has 1 aromatic heterocycles. The number of hydrogen-bond acceptors (Lipinski definition) is 3. The Morgan fingerprint density at radius 2 is 2.23 bits per heavy atom. The number of furan rings is 1. The minimum Gasteiger partial charge on any atom is -0.459 e. The van der Waals surface area contributed by atoms with E-state index in [9.17, 15) is 4.79 Å². The standard InChI is InChI=1S/C17H23N3O2/c1-11-14-7-3-4-8-15(14)22-16(11)12(2)19-17(21)20-13-6-5-9-18-10-13/h3-4,7-8,12-13,18H,5-6,9-10H2,1-2H3,(H2,19,20,21)/t12-,13?/m0/s1. The van der Waals surface area contributed by atoms with Crippen LogP contribution in [-0.4, -0.2) is 25.2 Å². The van der Waals surface area contributed by atoms with Gasteiger partial charge in [0.25, 0.3) is 0 Å². The van der Waals surface area contributed by atoms with Gasteiger partial charge in [-0.1, -0.05) is 18.2 Å². The number of carbonyl (C=O) groups is 1. The average Bonchev–Trinajstić information content (AvgIpc) is 2.86. The van der Waals surface area contributed by atoms with Gasteiger partial charge in [0, 0.05) is 23.5 Å². The zero-order valence-electron chi connectivity index (χ0n) is 13.1. The van der Waals surface area contributed by atoms with Crippen molar-refractivity contribution in [1.82, 2.24) is 16.0 Å². The van der Waals surface area contributed by atoms with Crippen LogP contribution < -0.4 is 16.0 Å². The number of benzene rings is 1. The molecule has 0 radical (unpaired) electrons. The van der Waals surface area contributed by atoms with Crippen molar-refractivity contribution in [3.05, 3.63) is 35.6 Å². The summed E-state index contributed by atoms with van der Waals surface area (Å²) in [4.78, 5) is 12.1. The average molecular weight is 301 g/mol.